The lowest BCUT2D eigenvalue weighted by atomic mass is 10.1. The topological polar surface area (TPSA) is 87.6 Å². The molecule has 0 bridgehead atoms. The van der Waals surface area contributed by atoms with Crippen molar-refractivity contribution >= 4 is 5.91 Å². The van der Waals surface area contributed by atoms with Gasteiger partial charge in [-0.05, 0) is 18.2 Å². The first-order valence-corrected chi connectivity index (χ1v) is 4.90. The van der Waals surface area contributed by atoms with E-state index < -0.39 is 5.91 Å². The highest BCUT2D eigenvalue weighted by Gasteiger charge is 2.19. The fraction of sp³-hybridized carbons (Fsp3) is 0.0909. The van der Waals surface area contributed by atoms with Gasteiger partial charge in [0, 0.05) is 5.56 Å². The molecule has 2 heterocycles. The minimum Gasteiger partial charge on any atom is -0.454 e. The van der Waals surface area contributed by atoms with Crippen LogP contribution in [0.4, 0.5) is 0 Å². The molecule has 0 spiro atoms. The maximum absolute atomic E-state index is 11.2. The lowest BCUT2D eigenvalue weighted by Crippen LogP contribution is -2.10. The van der Waals surface area contributed by atoms with Gasteiger partial charge in [-0.1, -0.05) is 5.16 Å². The van der Waals surface area contributed by atoms with E-state index in [0.29, 0.717) is 22.8 Å². The van der Waals surface area contributed by atoms with Crippen molar-refractivity contribution in [2.75, 3.05) is 6.79 Å². The predicted molar refractivity (Wildman–Crippen MR) is 56.6 cm³/mol. The molecule has 6 heteroatoms. The highest BCUT2D eigenvalue weighted by Crippen LogP contribution is 2.36. The van der Waals surface area contributed by atoms with Crippen LogP contribution in [0.25, 0.3) is 11.3 Å². The molecule has 86 valence electrons. The molecule has 1 aromatic carbocycles. The molecule has 2 N–H and O–H groups in total. The highest BCUT2D eigenvalue weighted by atomic mass is 16.7. The van der Waals surface area contributed by atoms with E-state index in [-0.39, 0.29) is 12.4 Å². The molecule has 0 unspecified atom stereocenters. The second kappa shape index (κ2) is 3.51. The largest absolute Gasteiger partial charge is 0.454 e. The summed E-state index contributed by atoms with van der Waals surface area (Å²) in [5.41, 5.74) is 6.54. The van der Waals surface area contributed by atoms with Gasteiger partial charge >= 0.3 is 0 Å². The van der Waals surface area contributed by atoms with Gasteiger partial charge in [0.25, 0.3) is 5.91 Å². The Kier molecular flexibility index (Phi) is 2.01. The number of fused-ring (bicyclic) bond motifs is 1. The summed E-state index contributed by atoms with van der Waals surface area (Å²) < 4.78 is 15.2. The Hall–Kier alpha value is -2.50. The summed E-state index contributed by atoms with van der Waals surface area (Å²) in [6.45, 7) is 0.195. The third-order valence-electron chi connectivity index (χ3n) is 2.48. The summed E-state index contributed by atoms with van der Waals surface area (Å²) in [5.74, 6) is 0.692. The molecule has 1 amide bonds. The van der Waals surface area contributed by atoms with Crippen LogP contribution in [-0.2, 0) is 0 Å². The second-order valence-corrected chi connectivity index (χ2v) is 3.51. The van der Waals surface area contributed by atoms with Crippen LogP contribution in [-0.4, -0.2) is 17.9 Å². The van der Waals surface area contributed by atoms with Crippen molar-refractivity contribution in [1.82, 2.24) is 5.16 Å². The maximum atomic E-state index is 11.2. The van der Waals surface area contributed by atoms with Crippen molar-refractivity contribution in [1.29, 1.82) is 0 Å². The fourth-order valence-electron chi connectivity index (χ4n) is 1.66. The van der Waals surface area contributed by atoms with Crippen molar-refractivity contribution in [2.45, 2.75) is 0 Å². The molecule has 2 aromatic rings. The third kappa shape index (κ3) is 1.50. The van der Waals surface area contributed by atoms with Crippen molar-refractivity contribution in [3.63, 3.8) is 0 Å². The summed E-state index contributed by atoms with van der Waals surface area (Å²) in [6, 6.07) is 5.24. The van der Waals surface area contributed by atoms with Gasteiger partial charge < -0.3 is 19.7 Å². The monoisotopic (exact) mass is 232 g/mol. The van der Waals surface area contributed by atoms with Crippen LogP contribution in [0.3, 0.4) is 0 Å². The summed E-state index contributed by atoms with van der Waals surface area (Å²) in [7, 11) is 0. The zero-order valence-electron chi connectivity index (χ0n) is 8.67. The highest BCUT2D eigenvalue weighted by molar-refractivity contribution is 5.98. The van der Waals surface area contributed by atoms with Crippen molar-refractivity contribution in [3.8, 4) is 22.8 Å². The predicted octanol–water partition coefficient (Wildman–Crippen LogP) is 1.17. The van der Waals surface area contributed by atoms with Crippen LogP contribution in [0.2, 0.25) is 0 Å². The number of benzene rings is 1. The molecule has 0 radical (unpaired) electrons. The Labute approximate surface area is 95.9 Å². The molecular weight excluding hydrogens is 224 g/mol. The van der Waals surface area contributed by atoms with Gasteiger partial charge in [0.2, 0.25) is 6.79 Å². The molecule has 6 nitrogen and oxygen atoms in total. The molecule has 17 heavy (non-hydrogen) atoms. The Morgan fingerprint density at radius 3 is 2.94 bits per heavy atom. The van der Waals surface area contributed by atoms with E-state index in [9.17, 15) is 4.79 Å². The first-order valence-electron chi connectivity index (χ1n) is 4.90. The molecule has 0 fully saturated rings. The van der Waals surface area contributed by atoms with Gasteiger partial charge in [-0.25, -0.2) is 0 Å². The minimum atomic E-state index is -0.584. The summed E-state index contributed by atoms with van der Waals surface area (Å²) >= 11 is 0. The number of hydrogen-bond donors (Lipinski definition) is 1. The molecule has 1 aliphatic rings. The van der Waals surface area contributed by atoms with Crippen LogP contribution >= 0.6 is 0 Å². The van der Waals surface area contributed by atoms with Gasteiger partial charge in [0.1, 0.15) is 17.5 Å². The molecule has 3 rings (SSSR count). The molecule has 0 saturated carbocycles. The van der Waals surface area contributed by atoms with E-state index in [4.69, 9.17) is 19.7 Å². The Morgan fingerprint density at radius 2 is 2.12 bits per heavy atom. The van der Waals surface area contributed by atoms with Crippen molar-refractivity contribution < 1.29 is 18.8 Å². The number of carbonyl (C=O) groups excluding carboxylic acids is 1. The van der Waals surface area contributed by atoms with Crippen molar-refractivity contribution in [3.05, 3.63) is 30.0 Å². The van der Waals surface area contributed by atoms with Gasteiger partial charge in [-0.2, -0.15) is 0 Å². The van der Waals surface area contributed by atoms with Crippen LogP contribution in [0, 0.1) is 0 Å². The lowest BCUT2D eigenvalue weighted by Gasteiger charge is -2.00. The maximum Gasteiger partial charge on any atom is 0.254 e. The number of amides is 1. The standard InChI is InChI=1S/C11H8N2O4/c12-11(14)7-4-17-13-10(7)6-1-2-8-9(3-6)16-5-15-8/h1-4H,5H2,(H2,12,14). The zero-order chi connectivity index (χ0) is 11.8. The van der Waals surface area contributed by atoms with Gasteiger partial charge in [-0.15, -0.1) is 0 Å². The number of nitrogens with two attached hydrogens (primary N) is 1. The molecule has 1 aliphatic heterocycles. The number of ether oxygens (including phenoxy) is 2. The zero-order valence-corrected chi connectivity index (χ0v) is 8.67. The van der Waals surface area contributed by atoms with E-state index in [2.05, 4.69) is 5.16 Å². The number of aromatic nitrogens is 1. The molecular formula is C11H8N2O4. The number of hydrogen-bond acceptors (Lipinski definition) is 5. The van der Waals surface area contributed by atoms with Crippen LogP contribution in [0.5, 0.6) is 11.5 Å². The Bertz CT molecular complexity index is 591. The van der Waals surface area contributed by atoms with E-state index >= 15 is 0 Å². The SMILES string of the molecule is NC(=O)c1conc1-c1ccc2c(c1)OCO2. The first kappa shape index (κ1) is 9.71. The Balaban J connectivity index is 2.09. The number of primary amides is 1. The Morgan fingerprint density at radius 1 is 1.29 bits per heavy atom. The molecule has 0 atom stereocenters. The number of nitrogens with zero attached hydrogens (tertiary/aromatic N) is 1. The van der Waals surface area contributed by atoms with E-state index in [1.54, 1.807) is 18.2 Å². The van der Waals surface area contributed by atoms with Crippen LogP contribution in [0.1, 0.15) is 10.4 Å². The summed E-state index contributed by atoms with van der Waals surface area (Å²) in [6.07, 6.45) is 1.22. The van der Waals surface area contributed by atoms with Gasteiger partial charge in [0.05, 0.1) is 0 Å². The summed E-state index contributed by atoms with van der Waals surface area (Å²) in [5, 5.41) is 3.76. The second-order valence-electron chi connectivity index (χ2n) is 3.51. The quantitative estimate of drug-likeness (QED) is 0.839. The average molecular weight is 232 g/mol. The number of carbonyl (C=O) groups is 1. The van der Waals surface area contributed by atoms with Crippen LogP contribution < -0.4 is 15.2 Å². The van der Waals surface area contributed by atoms with Crippen LogP contribution in [0.15, 0.2) is 29.0 Å². The third-order valence-corrected chi connectivity index (χ3v) is 2.48. The van der Waals surface area contributed by atoms with E-state index in [1.165, 1.54) is 6.26 Å². The van der Waals surface area contributed by atoms with E-state index in [1.807, 2.05) is 0 Å². The minimum absolute atomic E-state index is 0.195. The average Bonchev–Trinajstić information content (AvgIpc) is 2.96. The van der Waals surface area contributed by atoms with Gasteiger partial charge in [-0.3, -0.25) is 4.79 Å². The lowest BCUT2D eigenvalue weighted by molar-refractivity contribution is 0.1000. The summed E-state index contributed by atoms with van der Waals surface area (Å²) in [4.78, 5) is 11.2. The molecule has 0 saturated heterocycles. The van der Waals surface area contributed by atoms with Crippen molar-refractivity contribution in [2.24, 2.45) is 5.73 Å². The smallest absolute Gasteiger partial charge is 0.254 e. The molecule has 0 aliphatic carbocycles. The normalized spacial score (nSPS) is 12.7. The van der Waals surface area contributed by atoms with Gasteiger partial charge in [0.15, 0.2) is 11.5 Å². The molecule has 1 aromatic heterocycles. The fourth-order valence-corrected chi connectivity index (χ4v) is 1.66. The number of rotatable bonds is 2. The van der Waals surface area contributed by atoms with E-state index in [0.717, 1.165) is 0 Å². The first-order chi connectivity index (χ1) is 8.25.